The molecule has 0 amide bonds. The maximum Gasteiger partial charge on any atom is 0.311 e. The average Bonchev–Trinajstić information content (AvgIpc) is 2.24. The van der Waals surface area contributed by atoms with E-state index in [4.69, 9.17) is 11.6 Å². The van der Waals surface area contributed by atoms with Gasteiger partial charge in [0.15, 0.2) is 0 Å². The van der Waals surface area contributed by atoms with E-state index in [1.54, 1.807) is 11.8 Å². The summed E-state index contributed by atoms with van der Waals surface area (Å²) >= 11 is 7.41. The predicted octanol–water partition coefficient (Wildman–Crippen LogP) is 2.81. The first-order valence-corrected chi connectivity index (χ1v) is 6.46. The Hall–Kier alpha value is -1.01. The molecule has 0 radical (unpaired) electrons. The minimum absolute atomic E-state index is 0.0476. The maximum absolute atomic E-state index is 10.7. The van der Waals surface area contributed by atoms with Crippen molar-refractivity contribution in [1.29, 1.82) is 0 Å². The summed E-state index contributed by atoms with van der Waals surface area (Å²) in [6.07, 6.45) is 2.94. The Labute approximate surface area is 103 Å². The fourth-order valence-corrected chi connectivity index (χ4v) is 1.71. The number of aromatic nitrogens is 1. The molecule has 0 fully saturated rings. The lowest BCUT2D eigenvalue weighted by molar-refractivity contribution is -0.384. The van der Waals surface area contributed by atoms with Crippen LogP contribution in [0.3, 0.4) is 0 Å². The van der Waals surface area contributed by atoms with Crippen LogP contribution >= 0.6 is 23.4 Å². The second-order valence-corrected chi connectivity index (χ2v) is 4.40. The Morgan fingerprint density at radius 2 is 2.38 bits per heavy atom. The summed E-state index contributed by atoms with van der Waals surface area (Å²) in [6, 6.07) is 2.76. The van der Waals surface area contributed by atoms with Crippen LogP contribution in [0.4, 0.5) is 11.5 Å². The van der Waals surface area contributed by atoms with Gasteiger partial charge >= 0.3 is 5.69 Å². The number of hydrogen-bond acceptors (Lipinski definition) is 5. The SMILES string of the molecule is CSCCCNc1nc(Cl)ccc1[N+](=O)[O-]. The molecule has 0 aliphatic heterocycles. The highest BCUT2D eigenvalue weighted by molar-refractivity contribution is 7.98. The fourth-order valence-electron chi connectivity index (χ4n) is 1.13. The second kappa shape index (κ2) is 6.55. The number of nitrogens with one attached hydrogen (secondary N) is 1. The minimum atomic E-state index is -0.472. The molecule has 88 valence electrons. The van der Waals surface area contributed by atoms with E-state index in [-0.39, 0.29) is 16.7 Å². The van der Waals surface area contributed by atoms with Gasteiger partial charge < -0.3 is 5.32 Å². The predicted molar refractivity (Wildman–Crippen MR) is 67.4 cm³/mol. The third-order valence-electron chi connectivity index (χ3n) is 1.85. The molecule has 0 bridgehead atoms. The molecule has 1 rings (SSSR count). The van der Waals surface area contributed by atoms with Gasteiger partial charge in [0.1, 0.15) is 5.15 Å². The zero-order chi connectivity index (χ0) is 12.0. The van der Waals surface area contributed by atoms with Crippen molar-refractivity contribution >= 4 is 34.9 Å². The topological polar surface area (TPSA) is 68.1 Å². The first-order valence-electron chi connectivity index (χ1n) is 4.69. The third kappa shape index (κ3) is 3.86. The molecule has 0 aromatic carbocycles. The molecule has 1 aromatic heterocycles. The molecule has 0 atom stereocenters. The number of nitro groups is 1. The van der Waals surface area contributed by atoms with Crippen LogP contribution < -0.4 is 5.32 Å². The zero-order valence-electron chi connectivity index (χ0n) is 8.77. The van der Waals surface area contributed by atoms with Crippen molar-refractivity contribution in [3.8, 4) is 0 Å². The van der Waals surface area contributed by atoms with Crippen molar-refractivity contribution in [1.82, 2.24) is 4.98 Å². The van der Waals surface area contributed by atoms with E-state index >= 15 is 0 Å². The highest BCUT2D eigenvalue weighted by Gasteiger charge is 2.14. The van der Waals surface area contributed by atoms with Crippen molar-refractivity contribution in [3.63, 3.8) is 0 Å². The number of nitrogens with zero attached hydrogens (tertiary/aromatic N) is 2. The number of anilines is 1. The highest BCUT2D eigenvalue weighted by Crippen LogP contribution is 2.23. The molecular formula is C9H12ClN3O2S. The number of hydrogen-bond donors (Lipinski definition) is 1. The number of rotatable bonds is 6. The van der Waals surface area contributed by atoms with Crippen LogP contribution in [0.1, 0.15) is 6.42 Å². The number of thioether (sulfide) groups is 1. The minimum Gasteiger partial charge on any atom is -0.364 e. The molecule has 0 unspecified atom stereocenters. The van der Waals surface area contributed by atoms with Gasteiger partial charge in [-0.3, -0.25) is 10.1 Å². The normalized spacial score (nSPS) is 10.1. The first-order chi connectivity index (χ1) is 7.65. The Morgan fingerprint density at radius 3 is 3.00 bits per heavy atom. The van der Waals surface area contributed by atoms with Crippen LogP contribution in [0.5, 0.6) is 0 Å². The quantitative estimate of drug-likeness (QED) is 0.369. The van der Waals surface area contributed by atoms with E-state index in [0.717, 1.165) is 12.2 Å². The number of pyridine rings is 1. The Bertz CT molecular complexity index is 376. The molecule has 0 saturated heterocycles. The van der Waals surface area contributed by atoms with Gasteiger partial charge in [0.05, 0.1) is 4.92 Å². The van der Waals surface area contributed by atoms with Gasteiger partial charge in [-0.1, -0.05) is 11.6 Å². The van der Waals surface area contributed by atoms with Crippen molar-refractivity contribution in [2.24, 2.45) is 0 Å². The summed E-state index contributed by atoms with van der Waals surface area (Å²) in [5.74, 6) is 1.24. The van der Waals surface area contributed by atoms with E-state index in [1.807, 2.05) is 6.26 Å². The molecule has 0 spiro atoms. The van der Waals surface area contributed by atoms with Crippen LogP contribution in [0, 0.1) is 10.1 Å². The summed E-state index contributed by atoms with van der Waals surface area (Å²) < 4.78 is 0. The third-order valence-corrected chi connectivity index (χ3v) is 2.76. The standard InChI is InChI=1S/C9H12ClN3O2S/c1-16-6-2-5-11-9-7(13(14)15)3-4-8(10)12-9/h3-4H,2,5-6H2,1H3,(H,11,12). The van der Waals surface area contributed by atoms with E-state index in [9.17, 15) is 10.1 Å². The van der Waals surface area contributed by atoms with Crippen molar-refractivity contribution in [2.75, 3.05) is 23.9 Å². The Morgan fingerprint density at radius 1 is 1.62 bits per heavy atom. The van der Waals surface area contributed by atoms with Crippen LogP contribution in [-0.2, 0) is 0 Å². The average molecular weight is 262 g/mol. The van der Waals surface area contributed by atoms with E-state index in [0.29, 0.717) is 6.54 Å². The van der Waals surface area contributed by atoms with Gasteiger partial charge in [-0.2, -0.15) is 11.8 Å². The molecule has 0 saturated carbocycles. The van der Waals surface area contributed by atoms with E-state index in [1.165, 1.54) is 12.1 Å². The molecule has 1 aromatic rings. The summed E-state index contributed by atoms with van der Waals surface area (Å²) in [6.45, 7) is 0.648. The Balaban J connectivity index is 2.68. The molecule has 0 aliphatic rings. The largest absolute Gasteiger partial charge is 0.364 e. The van der Waals surface area contributed by atoms with Gasteiger partial charge in [-0.05, 0) is 24.5 Å². The van der Waals surface area contributed by atoms with Gasteiger partial charge in [-0.15, -0.1) is 0 Å². The van der Waals surface area contributed by atoms with Crippen LogP contribution in [0.25, 0.3) is 0 Å². The summed E-state index contributed by atoms with van der Waals surface area (Å²) in [7, 11) is 0. The van der Waals surface area contributed by atoms with Gasteiger partial charge in [0.2, 0.25) is 5.82 Å². The summed E-state index contributed by atoms with van der Waals surface area (Å²) in [5.41, 5.74) is -0.0476. The van der Waals surface area contributed by atoms with E-state index < -0.39 is 4.92 Å². The van der Waals surface area contributed by atoms with Crippen LogP contribution in [0.15, 0.2) is 12.1 Å². The Kier molecular flexibility index (Phi) is 5.34. The second-order valence-electron chi connectivity index (χ2n) is 3.03. The molecular weight excluding hydrogens is 250 g/mol. The monoisotopic (exact) mass is 261 g/mol. The smallest absolute Gasteiger partial charge is 0.311 e. The van der Waals surface area contributed by atoms with E-state index in [2.05, 4.69) is 10.3 Å². The zero-order valence-corrected chi connectivity index (χ0v) is 10.3. The molecule has 5 nitrogen and oxygen atoms in total. The number of halogens is 1. The van der Waals surface area contributed by atoms with Crippen molar-refractivity contribution < 1.29 is 4.92 Å². The lowest BCUT2D eigenvalue weighted by Crippen LogP contribution is -2.07. The maximum atomic E-state index is 10.7. The molecule has 1 N–H and O–H groups in total. The summed E-state index contributed by atoms with van der Waals surface area (Å²) in [5, 5.41) is 13.9. The molecule has 7 heteroatoms. The van der Waals surface area contributed by atoms with Crippen LogP contribution in [-0.4, -0.2) is 28.5 Å². The van der Waals surface area contributed by atoms with Gasteiger partial charge in [0.25, 0.3) is 0 Å². The lowest BCUT2D eigenvalue weighted by Gasteiger charge is -2.05. The molecule has 1 heterocycles. The van der Waals surface area contributed by atoms with Gasteiger partial charge in [-0.25, -0.2) is 4.98 Å². The van der Waals surface area contributed by atoms with Crippen LogP contribution in [0.2, 0.25) is 5.15 Å². The van der Waals surface area contributed by atoms with Gasteiger partial charge in [0, 0.05) is 12.6 Å². The summed E-state index contributed by atoms with van der Waals surface area (Å²) in [4.78, 5) is 14.1. The van der Waals surface area contributed by atoms with Crippen molar-refractivity contribution in [3.05, 3.63) is 27.4 Å². The first kappa shape index (κ1) is 13.1. The lowest BCUT2D eigenvalue weighted by atomic mass is 10.4. The van der Waals surface area contributed by atoms with Crippen molar-refractivity contribution in [2.45, 2.75) is 6.42 Å². The molecule has 0 aliphatic carbocycles. The molecule has 16 heavy (non-hydrogen) atoms. The fraction of sp³-hybridized carbons (Fsp3) is 0.444. The highest BCUT2D eigenvalue weighted by atomic mass is 35.5.